The normalized spacial score (nSPS) is 11.2. The van der Waals surface area contributed by atoms with Crippen LogP contribution in [0.25, 0.3) is 0 Å². The Labute approximate surface area is 236 Å². The summed E-state index contributed by atoms with van der Waals surface area (Å²) in [4.78, 5) is 4.74. The number of anilines is 1. The molecule has 0 aliphatic carbocycles. The first-order valence-corrected chi connectivity index (χ1v) is 15.9. The third-order valence-electron chi connectivity index (χ3n) is 5.20. The summed E-state index contributed by atoms with van der Waals surface area (Å²) in [6, 6.07) is 26.3. The quantitative estimate of drug-likeness (QED) is 0.177. The Balaban J connectivity index is 0.00000481. The number of hydrazine groups is 1. The van der Waals surface area contributed by atoms with Crippen LogP contribution in [0.5, 0.6) is 11.5 Å². The van der Waals surface area contributed by atoms with Crippen molar-refractivity contribution >= 4 is 51.6 Å². The van der Waals surface area contributed by atoms with Crippen LogP contribution in [0.15, 0.2) is 78.9 Å². The second kappa shape index (κ2) is 16.2. The van der Waals surface area contributed by atoms with E-state index < -0.39 is 10.0 Å². The first-order valence-electron chi connectivity index (χ1n) is 11.7. The van der Waals surface area contributed by atoms with Crippen LogP contribution in [0.1, 0.15) is 11.1 Å². The minimum atomic E-state index is -3.31. The van der Waals surface area contributed by atoms with Gasteiger partial charge in [-0.05, 0) is 47.5 Å². The number of rotatable bonds is 15. The first kappa shape index (κ1) is 31.3. The summed E-state index contributed by atoms with van der Waals surface area (Å²) in [7, 11) is 0.755. The lowest BCUT2D eigenvalue weighted by Gasteiger charge is -2.21. The van der Waals surface area contributed by atoms with Crippen molar-refractivity contribution in [3.05, 3.63) is 90.0 Å². The third-order valence-corrected chi connectivity index (χ3v) is 7.81. The molecule has 0 saturated carbocycles. The summed E-state index contributed by atoms with van der Waals surface area (Å²) >= 11 is 3.59. The smallest absolute Gasteiger partial charge is 0.221 e. The molecule has 3 aromatic carbocycles. The molecule has 6 nitrogen and oxygen atoms in total. The van der Waals surface area contributed by atoms with E-state index in [0.29, 0.717) is 13.1 Å². The molecule has 0 radical (unpaired) electrons. The monoisotopic (exact) mass is 581 g/mol. The Kier molecular flexibility index (Phi) is 13.7. The average Bonchev–Trinajstić information content (AvgIpc) is 2.85. The Morgan fingerprint density at radius 3 is 1.73 bits per heavy atom. The van der Waals surface area contributed by atoms with Crippen molar-refractivity contribution in [3.63, 3.8) is 0 Å². The molecule has 3 rings (SSSR count). The van der Waals surface area contributed by atoms with Gasteiger partial charge in [0.2, 0.25) is 10.0 Å². The standard InChI is InChI=1S/C27H35N3O3S3.ClH/c1-29(2)25-13-9-23(10-14-25)21-34-19-17-30(28-36(3,31)32)18-20-35-22-24-11-15-27(16-12-24)33-26-7-5-4-6-8-26;/h4-16,28H,17-22H2,1-3H3;1H. The molecule has 0 atom stereocenters. The molecule has 0 amide bonds. The highest BCUT2D eigenvalue weighted by Crippen LogP contribution is 2.23. The van der Waals surface area contributed by atoms with Crippen molar-refractivity contribution in [2.24, 2.45) is 0 Å². The van der Waals surface area contributed by atoms with Crippen molar-refractivity contribution < 1.29 is 13.2 Å². The van der Waals surface area contributed by atoms with E-state index >= 15 is 0 Å². The highest BCUT2D eigenvalue weighted by atomic mass is 35.5. The van der Waals surface area contributed by atoms with Gasteiger partial charge in [-0.15, -0.1) is 17.2 Å². The van der Waals surface area contributed by atoms with E-state index in [4.69, 9.17) is 4.74 Å². The summed E-state index contributed by atoms with van der Waals surface area (Å²) in [5.41, 5.74) is 3.66. The van der Waals surface area contributed by atoms with E-state index in [1.54, 1.807) is 28.5 Å². The largest absolute Gasteiger partial charge is 0.457 e. The molecule has 0 bridgehead atoms. The third kappa shape index (κ3) is 12.5. The Morgan fingerprint density at radius 2 is 1.24 bits per heavy atom. The number of halogens is 1. The number of benzene rings is 3. The summed E-state index contributed by atoms with van der Waals surface area (Å²) in [5.74, 6) is 5.05. The zero-order valence-corrected chi connectivity index (χ0v) is 24.8. The van der Waals surface area contributed by atoms with E-state index in [0.717, 1.165) is 34.5 Å². The SMILES string of the molecule is CN(C)c1ccc(CSCCN(CCSCc2ccc(Oc3ccccc3)cc2)NS(C)(=O)=O)cc1.Cl. The lowest BCUT2D eigenvalue weighted by Crippen LogP contribution is -2.44. The van der Waals surface area contributed by atoms with Gasteiger partial charge in [-0.3, -0.25) is 0 Å². The number of nitrogens with zero attached hydrogens (tertiary/aromatic N) is 2. The summed E-state index contributed by atoms with van der Waals surface area (Å²) in [6.45, 7) is 1.30. The number of hydrogen-bond acceptors (Lipinski definition) is 7. The van der Waals surface area contributed by atoms with Gasteiger partial charge in [0.1, 0.15) is 11.5 Å². The van der Waals surface area contributed by atoms with Gasteiger partial charge in [0.25, 0.3) is 0 Å². The molecule has 3 aromatic rings. The fourth-order valence-electron chi connectivity index (χ4n) is 3.34. The van der Waals surface area contributed by atoms with Crippen LogP contribution in [-0.2, 0) is 21.5 Å². The molecule has 0 aliphatic heterocycles. The highest BCUT2D eigenvalue weighted by Gasteiger charge is 2.11. The Hall–Kier alpha value is -1.88. The fourth-order valence-corrected chi connectivity index (χ4v) is 5.83. The van der Waals surface area contributed by atoms with Gasteiger partial charge >= 0.3 is 0 Å². The number of ether oxygens (including phenoxy) is 1. The molecule has 0 aliphatic rings. The van der Waals surface area contributed by atoms with Gasteiger partial charge in [0.15, 0.2) is 0 Å². The van der Waals surface area contributed by atoms with Crippen LogP contribution < -0.4 is 14.5 Å². The van der Waals surface area contributed by atoms with E-state index in [-0.39, 0.29) is 12.4 Å². The van der Waals surface area contributed by atoms with E-state index in [2.05, 4.69) is 46.1 Å². The minimum Gasteiger partial charge on any atom is -0.457 e. The number of hydrogen-bond donors (Lipinski definition) is 1. The van der Waals surface area contributed by atoms with Gasteiger partial charge in [-0.25, -0.2) is 13.4 Å². The van der Waals surface area contributed by atoms with Crippen molar-refractivity contribution in [2.45, 2.75) is 11.5 Å². The van der Waals surface area contributed by atoms with E-state index in [9.17, 15) is 8.42 Å². The molecule has 37 heavy (non-hydrogen) atoms. The maximum atomic E-state index is 11.8. The topological polar surface area (TPSA) is 61.9 Å². The molecule has 0 unspecified atom stereocenters. The van der Waals surface area contributed by atoms with Crippen molar-refractivity contribution in [2.75, 3.05) is 49.8 Å². The van der Waals surface area contributed by atoms with Gasteiger partial charge < -0.3 is 9.64 Å². The highest BCUT2D eigenvalue weighted by molar-refractivity contribution is 7.98. The number of nitrogens with one attached hydrogen (secondary N) is 1. The molecule has 0 spiro atoms. The van der Waals surface area contributed by atoms with Gasteiger partial charge in [-0.1, -0.05) is 42.5 Å². The van der Waals surface area contributed by atoms with Gasteiger partial charge in [0.05, 0.1) is 6.26 Å². The maximum absolute atomic E-state index is 11.8. The van der Waals surface area contributed by atoms with Crippen LogP contribution >= 0.6 is 35.9 Å². The minimum absolute atomic E-state index is 0. The van der Waals surface area contributed by atoms with Crippen LogP contribution in [0.4, 0.5) is 5.69 Å². The van der Waals surface area contributed by atoms with E-state index in [1.807, 2.05) is 56.6 Å². The van der Waals surface area contributed by atoms with E-state index in [1.165, 1.54) is 23.1 Å². The van der Waals surface area contributed by atoms with Crippen LogP contribution in [-0.4, -0.2) is 58.4 Å². The first-order chi connectivity index (χ1) is 17.3. The molecule has 10 heteroatoms. The zero-order chi connectivity index (χ0) is 25.8. The second-order valence-corrected chi connectivity index (χ2v) is 12.5. The summed E-state index contributed by atoms with van der Waals surface area (Å²) in [5, 5.41) is 1.81. The molecule has 0 heterocycles. The summed E-state index contributed by atoms with van der Waals surface area (Å²) < 4.78 is 29.5. The lowest BCUT2D eigenvalue weighted by atomic mass is 10.2. The fraction of sp³-hybridized carbons (Fsp3) is 0.333. The number of thioether (sulfide) groups is 2. The molecule has 0 fully saturated rings. The van der Waals surface area contributed by atoms with Gasteiger partial charge in [-0.2, -0.15) is 23.5 Å². The Bertz CT molecular complexity index is 1150. The second-order valence-electron chi connectivity index (χ2n) is 8.58. The van der Waals surface area contributed by atoms with Crippen molar-refractivity contribution in [1.29, 1.82) is 0 Å². The molecular weight excluding hydrogens is 546 g/mol. The number of sulfonamides is 1. The number of para-hydroxylation sites is 1. The van der Waals surface area contributed by atoms with Crippen LogP contribution in [0.2, 0.25) is 0 Å². The predicted octanol–water partition coefficient (Wildman–Crippen LogP) is 5.90. The molecule has 0 saturated heterocycles. The predicted molar refractivity (Wildman–Crippen MR) is 163 cm³/mol. The average molecular weight is 582 g/mol. The summed E-state index contributed by atoms with van der Waals surface area (Å²) in [6.07, 6.45) is 1.20. The Morgan fingerprint density at radius 1 is 0.757 bits per heavy atom. The maximum Gasteiger partial charge on any atom is 0.221 e. The zero-order valence-electron chi connectivity index (χ0n) is 21.5. The van der Waals surface area contributed by atoms with Crippen LogP contribution in [0, 0.1) is 0 Å². The molecule has 0 aromatic heterocycles. The molecule has 202 valence electrons. The van der Waals surface area contributed by atoms with Crippen LogP contribution in [0.3, 0.4) is 0 Å². The van der Waals surface area contributed by atoms with Gasteiger partial charge in [0, 0.05) is 55.9 Å². The molecule has 1 N–H and O–H groups in total. The van der Waals surface area contributed by atoms with Crippen molar-refractivity contribution in [3.8, 4) is 11.5 Å². The molecular formula is C27H36ClN3O3S3. The lowest BCUT2D eigenvalue weighted by molar-refractivity contribution is 0.273. The van der Waals surface area contributed by atoms with Crippen molar-refractivity contribution in [1.82, 2.24) is 9.84 Å².